The molecule has 2 rings (SSSR count). The Labute approximate surface area is 118 Å². The first-order chi connectivity index (χ1) is 9.25. The summed E-state index contributed by atoms with van der Waals surface area (Å²) in [7, 11) is 0. The van der Waals surface area contributed by atoms with Crippen LogP contribution in [0.2, 0.25) is 0 Å². The maximum absolute atomic E-state index is 10.8. The number of thioether (sulfide) groups is 1. The van der Waals surface area contributed by atoms with Gasteiger partial charge in [-0.3, -0.25) is 4.79 Å². The van der Waals surface area contributed by atoms with Crippen LogP contribution in [0.1, 0.15) is 24.0 Å². The highest BCUT2D eigenvalue weighted by Crippen LogP contribution is 2.22. The smallest absolute Gasteiger partial charge is 0.307 e. The van der Waals surface area contributed by atoms with Crippen molar-refractivity contribution < 1.29 is 9.90 Å². The molecular formula is C15H21NO2S. The largest absolute Gasteiger partial charge is 0.481 e. The molecule has 2 N–H and O–H groups in total. The summed E-state index contributed by atoms with van der Waals surface area (Å²) >= 11 is 2.04. The highest BCUT2D eigenvalue weighted by molar-refractivity contribution is 7.99. The molecule has 0 spiro atoms. The number of hydrogen-bond donors (Lipinski definition) is 2. The molecule has 0 radical (unpaired) electrons. The van der Waals surface area contributed by atoms with Crippen molar-refractivity contribution in [1.29, 1.82) is 0 Å². The van der Waals surface area contributed by atoms with E-state index < -0.39 is 5.97 Å². The molecule has 0 atom stereocenters. The predicted octanol–water partition coefficient (Wildman–Crippen LogP) is 2.55. The molecule has 0 saturated carbocycles. The molecule has 104 valence electrons. The standard InChI is InChI=1S/C15H21NO2S/c17-15(18)9-13-3-1-2-4-14(13)11-16-10-12-5-7-19-8-6-12/h1-4,12,16H,5-11H2,(H,17,18). The van der Waals surface area contributed by atoms with Gasteiger partial charge in [0.15, 0.2) is 0 Å². The topological polar surface area (TPSA) is 49.3 Å². The normalized spacial score (nSPS) is 16.4. The van der Waals surface area contributed by atoms with Gasteiger partial charge in [-0.1, -0.05) is 24.3 Å². The van der Waals surface area contributed by atoms with Gasteiger partial charge < -0.3 is 10.4 Å². The van der Waals surface area contributed by atoms with E-state index in [1.165, 1.54) is 24.3 Å². The fraction of sp³-hybridized carbons (Fsp3) is 0.533. The van der Waals surface area contributed by atoms with Crippen molar-refractivity contribution in [2.24, 2.45) is 5.92 Å². The number of carboxylic acid groups (broad SMARTS) is 1. The van der Waals surface area contributed by atoms with Crippen LogP contribution in [-0.2, 0) is 17.8 Å². The van der Waals surface area contributed by atoms with Crippen molar-refractivity contribution in [2.45, 2.75) is 25.8 Å². The summed E-state index contributed by atoms with van der Waals surface area (Å²) in [5, 5.41) is 12.4. The van der Waals surface area contributed by atoms with E-state index in [1.807, 2.05) is 36.0 Å². The van der Waals surface area contributed by atoms with Crippen LogP contribution in [-0.4, -0.2) is 29.1 Å². The zero-order valence-electron chi connectivity index (χ0n) is 11.1. The fourth-order valence-corrected chi connectivity index (χ4v) is 3.63. The lowest BCUT2D eigenvalue weighted by Gasteiger charge is -2.21. The van der Waals surface area contributed by atoms with Crippen molar-refractivity contribution >= 4 is 17.7 Å². The van der Waals surface area contributed by atoms with E-state index in [2.05, 4.69) is 5.32 Å². The molecule has 19 heavy (non-hydrogen) atoms. The second kappa shape index (κ2) is 7.56. The zero-order valence-corrected chi connectivity index (χ0v) is 11.9. The summed E-state index contributed by atoms with van der Waals surface area (Å²) in [6, 6.07) is 7.80. The number of rotatable bonds is 6. The lowest BCUT2D eigenvalue weighted by atomic mass is 10.0. The molecule has 1 aliphatic heterocycles. The lowest BCUT2D eigenvalue weighted by molar-refractivity contribution is -0.136. The number of benzene rings is 1. The van der Waals surface area contributed by atoms with Gasteiger partial charge in [-0.15, -0.1) is 0 Å². The van der Waals surface area contributed by atoms with Gasteiger partial charge in [0.1, 0.15) is 0 Å². The van der Waals surface area contributed by atoms with Crippen molar-refractivity contribution in [3.8, 4) is 0 Å². The van der Waals surface area contributed by atoms with Gasteiger partial charge in [0, 0.05) is 6.54 Å². The number of carboxylic acids is 1. The van der Waals surface area contributed by atoms with Crippen LogP contribution in [0.3, 0.4) is 0 Å². The van der Waals surface area contributed by atoms with E-state index in [9.17, 15) is 4.79 Å². The Morgan fingerprint density at radius 2 is 1.95 bits per heavy atom. The number of aliphatic carboxylic acids is 1. The second-order valence-electron chi connectivity index (χ2n) is 5.03. The van der Waals surface area contributed by atoms with Gasteiger partial charge >= 0.3 is 5.97 Å². The molecule has 1 aromatic carbocycles. The Morgan fingerprint density at radius 3 is 2.63 bits per heavy atom. The molecule has 1 fully saturated rings. The molecule has 0 aromatic heterocycles. The maximum Gasteiger partial charge on any atom is 0.307 e. The molecule has 0 bridgehead atoms. The average molecular weight is 279 g/mol. The van der Waals surface area contributed by atoms with Gasteiger partial charge in [0.25, 0.3) is 0 Å². The first-order valence-corrected chi connectivity index (χ1v) is 7.98. The second-order valence-corrected chi connectivity index (χ2v) is 6.25. The van der Waals surface area contributed by atoms with Crippen LogP contribution in [0.25, 0.3) is 0 Å². The Kier molecular flexibility index (Phi) is 5.73. The van der Waals surface area contributed by atoms with Crippen LogP contribution in [0.4, 0.5) is 0 Å². The first kappa shape index (κ1) is 14.4. The number of nitrogens with one attached hydrogen (secondary N) is 1. The van der Waals surface area contributed by atoms with Gasteiger partial charge in [0.2, 0.25) is 0 Å². The van der Waals surface area contributed by atoms with Crippen molar-refractivity contribution in [3.05, 3.63) is 35.4 Å². The van der Waals surface area contributed by atoms with Crippen molar-refractivity contribution in [2.75, 3.05) is 18.1 Å². The predicted molar refractivity (Wildman–Crippen MR) is 79.5 cm³/mol. The summed E-state index contributed by atoms with van der Waals surface area (Å²) < 4.78 is 0. The van der Waals surface area contributed by atoms with Crippen LogP contribution < -0.4 is 5.32 Å². The van der Waals surface area contributed by atoms with Crippen molar-refractivity contribution in [1.82, 2.24) is 5.32 Å². The van der Waals surface area contributed by atoms with Gasteiger partial charge in [-0.2, -0.15) is 11.8 Å². The third kappa shape index (κ3) is 4.88. The van der Waals surface area contributed by atoms with Crippen LogP contribution in [0.15, 0.2) is 24.3 Å². The van der Waals surface area contributed by atoms with E-state index in [1.54, 1.807) is 0 Å². The minimum absolute atomic E-state index is 0.109. The van der Waals surface area contributed by atoms with Crippen LogP contribution in [0, 0.1) is 5.92 Å². The Bertz CT molecular complexity index is 416. The number of carbonyl (C=O) groups is 1. The fourth-order valence-electron chi connectivity index (χ4n) is 2.43. The average Bonchev–Trinajstić information content (AvgIpc) is 2.41. The molecule has 4 heteroatoms. The van der Waals surface area contributed by atoms with Gasteiger partial charge in [-0.05, 0) is 47.9 Å². The quantitative estimate of drug-likeness (QED) is 0.840. The highest BCUT2D eigenvalue weighted by atomic mass is 32.2. The van der Waals surface area contributed by atoms with Crippen LogP contribution in [0.5, 0.6) is 0 Å². The summed E-state index contributed by atoms with van der Waals surface area (Å²) in [6.07, 6.45) is 2.71. The Morgan fingerprint density at radius 1 is 1.26 bits per heavy atom. The van der Waals surface area contributed by atoms with E-state index >= 15 is 0 Å². The van der Waals surface area contributed by atoms with E-state index in [-0.39, 0.29) is 6.42 Å². The maximum atomic E-state index is 10.8. The first-order valence-electron chi connectivity index (χ1n) is 6.82. The van der Waals surface area contributed by atoms with Gasteiger partial charge in [0.05, 0.1) is 6.42 Å². The SMILES string of the molecule is O=C(O)Cc1ccccc1CNCC1CCSCC1. The number of hydrogen-bond acceptors (Lipinski definition) is 3. The summed E-state index contributed by atoms with van der Waals surface area (Å²) in [5.74, 6) is 2.58. The molecule has 1 heterocycles. The lowest BCUT2D eigenvalue weighted by Crippen LogP contribution is -2.25. The molecule has 0 aliphatic carbocycles. The van der Waals surface area contributed by atoms with Crippen LogP contribution >= 0.6 is 11.8 Å². The Balaban J connectivity index is 1.83. The molecule has 1 saturated heterocycles. The molecule has 1 aromatic rings. The molecule has 1 aliphatic rings. The van der Waals surface area contributed by atoms with E-state index in [4.69, 9.17) is 5.11 Å². The molecule has 0 unspecified atom stereocenters. The molecular weight excluding hydrogens is 258 g/mol. The highest BCUT2D eigenvalue weighted by Gasteiger charge is 2.13. The van der Waals surface area contributed by atoms with Gasteiger partial charge in [-0.25, -0.2) is 0 Å². The third-order valence-corrected chi connectivity index (χ3v) is 4.60. The Hall–Kier alpha value is -1.00. The molecule has 0 amide bonds. The minimum atomic E-state index is -0.767. The van der Waals surface area contributed by atoms with E-state index in [0.29, 0.717) is 0 Å². The summed E-state index contributed by atoms with van der Waals surface area (Å²) in [5.41, 5.74) is 2.02. The minimum Gasteiger partial charge on any atom is -0.481 e. The summed E-state index contributed by atoms with van der Waals surface area (Å²) in [6.45, 7) is 1.81. The monoisotopic (exact) mass is 279 g/mol. The molecule has 3 nitrogen and oxygen atoms in total. The zero-order chi connectivity index (χ0) is 13.5. The van der Waals surface area contributed by atoms with Crippen molar-refractivity contribution in [3.63, 3.8) is 0 Å². The summed E-state index contributed by atoms with van der Waals surface area (Å²) in [4.78, 5) is 10.8. The third-order valence-electron chi connectivity index (χ3n) is 3.55. The van der Waals surface area contributed by atoms with E-state index in [0.717, 1.165) is 30.1 Å².